The Labute approximate surface area is 114 Å². The number of halogens is 1. The molecule has 2 aromatic rings. The average molecular weight is 311 g/mol. The number of nitrogens with one attached hydrogen (secondary N) is 1. The second-order valence-corrected chi connectivity index (χ2v) is 4.48. The molecule has 0 bridgehead atoms. The second-order valence-electron chi connectivity index (χ2n) is 3.76. The summed E-state index contributed by atoms with van der Waals surface area (Å²) in [6, 6.07) is 3.93. The number of ether oxygens (including phenoxy) is 1. The van der Waals surface area contributed by atoms with Crippen LogP contribution in [0.4, 0.5) is 0 Å². The SMILES string of the molecule is CCOc1cncc(C(NC)c2ccoc2Br)c1. The van der Waals surface area contributed by atoms with E-state index in [0.29, 0.717) is 6.61 Å². The number of furan rings is 1. The number of nitrogens with zero attached hydrogens (tertiary/aromatic N) is 1. The lowest BCUT2D eigenvalue weighted by molar-refractivity contribution is 0.338. The Balaban J connectivity index is 2.33. The normalized spacial score (nSPS) is 12.4. The smallest absolute Gasteiger partial charge is 0.174 e. The Morgan fingerprint density at radius 1 is 1.50 bits per heavy atom. The summed E-state index contributed by atoms with van der Waals surface area (Å²) >= 11 is 3.40. The molecule has 0 aliphatic carbocycles. The molecule has 0 radical (unpaired) electrons. The summed E-state index contributed by atoms with van der Waals surface area (Å²) in [5.41, 5.74) is 2.07. The van der Waals surface area contributed by atoms with Gasteiger partial charge < -0.3 is 14.5 Å². The Kier molecular flexibility index (Phi) is 4.38. The van der Waals surface area contributed by atoms with Gasteiger partial charge in [0.05, 0.1) is 25.1 Å². The predicted octanol–water partition coefficient (Wildman–Crippen LogP) is 3.14. The van der Waals surface area contributed by atoms with Crippen molar-refractivity contribution in [3.05, 3.63) is 46.6 Å². The maximum absolute atomic E-state index is 5.46. The molecule has 2 heterocycles. The molecule has 4 nitrogen and oxygen atoms in total. The Hall–Kier alpha value is -1.33. The fourth-order valence-electron chi connectivity index (χ4n) is 1.85. The van der Waals surface area contributed by atoms with E-state index in [1.807, 2.05) is 32.3 Å². The molecule has 1 N–H and O–H groups in total. The second kappa shape index (κ2) is 6.02. The molecule has 0 saturated heterocycles. The summed E-state index contributed by atoms with van der Waals surface area (Å²) in [5.74, 6) is 0.773. The third kappa shape index (κ3) is 2.73. The quantitative estimate of drug-likeness (QED) is 0.921. The van der Waals surface area contributed by atoms with Gasteiger partial charge in [-0.05, 0) is 47.6 Å². The zero-order chi connectivity index (χ0) is 13.0. The third-order valence-corrected chi connectivity index (χ3v) is 3.27. The molecule has 18 heavy (non-hydrogen) atoms. The van der Waals surface area contributed by atoms with Gasteiger partial charge in [0.2, 0.25) is 0 Å². The number of rotatable bonds is 5. The molecule has 96 valence electrons. The van der Waals surface area contributed by atoms with E-state index in [0.717, 1.165) is 21.5 Å². The van der Waals surface area contributed by atoms with Crippen molar-refractivity contribution < 1.29 is 9.15 Å². The molecule has 5 heteroatoms. The first-order valence-corrected chi connectivity index (χ1v) is 6.53. The summed E-state index contributed by atoms with van der Waals surface area (Å²) < 4.78 is 11.5. The van der Waals surface area contributed by atoms with E-state index in [2.05, 4.69) is 26.2 Å². The van der Waals surface area contributed by atoms with Crippen LogP contribution in [0.5, 0.6) is 5.75 Å². The average Bonchev–Trinajstić information content (AvgIpc) is 2.78. The minimum atomic E-state index is 0.0195. The molecule has 0 fully saturated rings. The minimum Gasteiger partial charge on any atom is -0.492 e. The number of pyridine rings is 1. The summed E-state index contributed by atoms with van der Waals surface area (Å²) in [6.07, 6.45) is 5.19. The largest absolute Gasteiger partial charge is 0.492 e. The van der Waals surface area contributed by atoms with E-state index in [1.54, 1.807) is 12.5 Å². The Morgan fingerprint density at radius 2 is 2.33 bits per heavy atom. The number of hydrogen-bond acceptors (Lipinski definition) is 4. The summed E-state index contributed by atoms with van der Waals surface area (Å²) in [5, 5.41) is 3.25. The van der Waals surface area contributed by atoms with Crippen molar-refractivity contribution in [1.82, 2.24) is 10.3 Å². The standard InChI is InChI=1S/C13H15BrN2O2/c1-3-17-10-6-9(7-16-8-10)12(15-2)11-4-5-18-13(11)14/h4-8,12,15H,3H2,1-2H3. The molecule has 0 aliphatic heterocycles. The van der Waals surface area contributed by atoms with Gasteiger partial charge in [-0.3, -0.25) is 4.98 Å². The molecule has 0 saturated carbocycles. The minimum absolute atomic E-state index is 0.0195. The van der Waals surface area contributed by atoms with Crippen LogP contribution in [0, 0.1) is 0 Å². The van der Waals surface area contributed by atoms with Gasteiger partial charge in [-0.15, -0.1) is 0 Å². The molecule has 2 aromatic heterocycles. The van der Waals surface area contributed by atoms with Crippen molar-refractivity contribution in [3.63, 3.8) is 0 Å². The maximum Gasteiger partial charge on any atom is 0.174 e. The van der Waals surface area contributed by atoms with Crippen LogP contribution in [-0.2, 0) is 0 Å². The van der Waals surface area contributed by atoms with Crippen LogP contribution in [0.1, 0.15) is 24.1 Å². The highest BCUT2D eigenvalue weighted by Crippen LogP contribution is 2.30. The van der Waals surface area contributed by atoms with Crippen LogP contribution in [0.2, 0.25) is 0 Å². The first-order valence-electron chi connectivity index (χ1n) is 5.74. The van der Waals surface area contributed by atoms with Gasteiger partial charge in [-0.1, -0.05) is 0 Å². The van der Waals surface area contributed by atoms with Crippen LogP contribution < -0.4 is 10.1 Å². The van der Waals surface area contributed by atoms with Crippen molar-refractivity contribution in [1.29, 1.82) is 0 Å². The van der Waals surface area contributed by atoms with Crippen LogP contribution in [-0.4, -0.2) is 18.6 Å². The molecule has 0 aliphatic rings. The monoisotopic (exact) mass is 310 g/mol. The highest BCUT2D eigenvalue weighted by Gasteiger charge is 2.17. The topological polar surface area (TPSA) is 47.3 Å². The maximum atomic E-state index is 5.46. The van der Waals surface area contributed by atoms with Crippen molar-refractivity contribution in [2.45, 2.75) is 13.0 Å². The van der Waals surface area contributed by atoms with Crippen LogP contribution in [0.15, 0.2) is 39.9 Å². The summed E-state index contributed by atoms with van der Waals surface area (Å²) in [7, 11) is 1.90. The van der Waals surface area contributed by atoms with Gasteiger partial charge in [0.1, 0.15) is 5.75 Å². The summed E-state index contributed by atoms with van der Waals surface area (Å²) in [6.45, 7) is 2.58. The van der Waals surface area contributed by atoms with Crippen LogP contribution in [0.3, 0.4) is 0 Å². The fraction of sp³-hybridized carbons (Fsp3) is 0.308. The lowest BCUT2D eigenvalue weighted by atomic mass is 10.0. The van der Waals surface area contributed by atoms with Crippen LogP contribution >= 0.6 is 15.9 Å². The molecule has 0 spiro atoms. The van der Waals surface area contributed by atoms with Crippen molar-refractivity contribution >= 4 is 15.9 Å². The zero-order valence-electron chi connectivity index (χ0n) is 10.3. The molecule has 2 rings (SSSR count). The van der Waals surface area contributed by atoms with Crippen molar-refractivity contribution in [2.75, 3.05) is 13.7 Å². The molecule has 1 atom stereocenters. The first-order chi connectivity index (χ1) is 8.76. The van der Waals surface area contributed by atoms with E-state index in [9.17, 15) is 0 Å². The third-order valence-electron chi connectivity index (χ3n) is 2.62. The Morgan fingerprint density at radius 3 is 2.94 bits per heavy atom. The van der Waals surface area contributed by atoms with Gasteiger partial charge in [0.25, 0.3) is 0 Å². The Bertz CT molecular complexity index is 513. The summed E-state index contributed by atoms with van der Waals surface area (Å²) in [4.78, 5) is 4.20. The van der Waals surface area contributed by atoms with Crippen LogP contribution in [0.25, 0.3) is 0 Å². The van der Waals surface area contributed by atoms with Crippen molar-refractivity contribution in [3.8, 4) is 5.75 Å². The van der Waals surface area contributed by atoms with E-state index < -0.39 is 0 Å². The lowest BCUT2D eigenvalue weighted by Gasteiger charge is -2.16. The van der Waals surface area contributed by atoms with E-state index in [4.69, 9.17) is 9.15 Å². The van der Waals surface area contributed by atoms with E-state index in [-0.39, 0.29) is 6.04 Å². The fourth-order valence-corrected chi connectivity index (χ4v) is 2.32. The highest BCUT2D eigenvalue weighted by atomic mass is 79.9. The first kappa shape index (κ1) is 13.1. The molecular formula is C13H15BrN2O2. The molecule has 0 amide bonds. The van der Waals surface area contributed by atoms with Gasteiger partial charge in [0, 0.05) is 11.8 Å². The number of aromatic nitrogens is 1. The zero-order valence-corrected chi connectivity index (χ0v) is 11.9. The number of hydrogen-bond donors (Lipinski definition) is 1. The van der Waals surface area contributed by atoms with Crippen molar-refractivity contribution in [2.24, 2.45) is 0 Å². The van der Waals surface area contributed by atoms with Gasteiger partial charge in [-0.25, -0.2) is 0 Å². The molecule has 0 aromatic carbocycles. The lowest BCUT2D eigenvalue weighted by Crippen LogP contribution is -2.17. The predicted molar refractivity (Wildman–Crippen MR) is 72.7 cm³/mol. The molecule has 1 unspecified atom stereocenters. The van der Waals surface area contributed by atoms with E-state index >= 15 is 0 Å². The molecular weight excluding hydrogens is 296 g/mol. The van der Waals surface area contributed by atoms with E-state index in [1.165, 1.54) is 0 Å². The van der Waals surface area contributed by atoms with Gasteiger partial charge in [0.15, 0.2) is 4.67 Å². The highest BCUT2D eigenvalue weighted by molar-refractivity contribution is 9.10. The van der Waals surface area contributed by atoms with Gasteiger partial charge in [-0.2, -0.15) is 0 Å². The van der Waals surface area contributed by atoms with Gasteiger partial charge >= 0.3 is 0 Å².